The molecule has 132 valence electrons. The van der Waals surface area contributed by atoms with Crippen molar-refractivity contribution in [2.75, 3.05) is 19.6 Å². The average Bonchev–Trinajstić information content (AvgIpc) is 3.17. The second-order valence-corrected chi connectivity index (χ2v) is 6.45. The maximum Gasteiger partial charge on any atom is 0.225 e. The van der Waals surface area contributed by atoms with E-state index < -0.39 is 17.6 Å². The number of nitrogens with one attached hydrogen (secondary N) is 1. The molecule has 1 unspecified atom stereocenters. The van der Waals surface area contributed by atoms with Gasteiger partial charge in [0.2, 0.25) is 11.8 Å². The van der Waals surface area contributed by atoms with Gasteiger partial charge in [0.05, 0.1) is 5.92 Å². The number of hydrogen-bond donors (Lipinski definition) is 1. The lowest BCUT2D eigenvalue weighted by Crippen LogP contribution is -2.41. The van der Waals surface area contributed by atoms with Crippen LogP contribution >= 0.6 is 0 Å². The van der Waals surface area contributed by atoms with Crippen LogP contribution in [-0.4, -0.2) is 47.3 Å². The van der Waals surface area contributed by atoms with Crippen molar-refractivity contribution in [2.24, 2.45) is 5.92 Å². The predicted octanol–water partition coefficient (Wildman–Crippen LogP) is 0.985. The Morgan fingerprint density at radius 1 is 1.36 bits per heavy atom. The first-order valence-corrected chi connectivity index (χ1v) is 8.13. The Bertz CT molecular complexity index is 734. The first-order chi connectivity index (χ1) is 12.0. The summed E-state index contributed by atoms with van der Waals surface area (Å²) in [4.78, 5) is 27.4. The van der Waals surface area contributed by atoms with E-state index in [1.807, 2.05) is 6.19 Å². The number of carbonyl (C=O) groups excluding carboxylic acids is 2. The van der Waals surface area contributed by atoms with Crippen molar-refractivity contribution in [3.63, 3.8) is 0 Å². The first-order valence-electron chi connectivity index (χ1n) is 8.13. The number of nitriles is 1. The van der Waals surface area contributed by atoms with Crippen molar-refractivity contribution in [1.29, 1.82) is 5.26 Å². The van der Waals surface area contributed by atoms with Gasteiger partial charge in [0.1, 0.15) is 11.6 Å². The molecule has 1 aromatic carbocycles. The third-order valence-electron chi connectivity index (χ3n) is 4.64. The molecule has 0 saturated carbocycles. The SMILES string of the molecule is N#CN1CC[C@@H](NC(=O)C2CC(=O)N(Cc3ccc(F)cc3F)C2)C1. The van der Waals surface area contributed by atoms with E-state index in [1.54, 1.807) is 4.90 Å². The second kappa shape index (κ2) is 7.05. The van der Waals surface area contributed by atoms with Crippen LogP contribution in [-0.2, 0) is 16.1 Å². The summed E-state index contributed by atoms with van der Waals surface area (Å²) in [7, 11) is 0. The molecule has 2 saturated heterocycles. The van der Waals surface area contributed by atoms with Crippen LogP contribution in [0.15, 0.2) is 18.2 Å². The molecule has 8 heteroatoms. The van der Waals surface area contributed by atoms with Crippen LogP contribution in [0.3, 0.4) is 0 Å². The number of nitrogens with zero attached hydrogens (tertiary/aromatic N) is 3. The van der Waals surface area contributed by atoms with Gasteiger partial charge in [-0.2, -0.15) is 5.26 Å². The van der Waals surface area contributed by atoms with Crippen LogP contribution < -0.4 is 5.32 Å². The zero-order valence-electron chi connectivity index (χ0n) is 13.5. The number of carbonyl (C=O) groups is 2. The minimum absolute atomic E-state index is 0.0143. The molecule has 2 heterocycles. The van der Waals surface area contributed by atoms with Gasteiger partial charge < -0.3 is 15.1 Å². The summed E-state index contributed by atoms with van der Waals surface area (Å²) in [6.45, 7) is 1.31. The molecule has 1 aromatic rings. The van der Waals surface area contributed by atoms with Gasteiger partial charge in [-0.1, -0.05) is 6.07 Å². The maximum atomic E-state index is 13.7. The molecule has 3 rings (SSSR count). The van der Waals surface area contributed by atoms with Crippen LogP contribution in [0.5, 0.6) is 0 Å². The minimum atomic E-state index is -0.705. The number of rotatable bonds is 4. The Kier molecular flexibility index (Phi) is 4.83. The van der Waals surface area contributed by atoms with E-state index in [4.69, 9.17) is 5.26 Å². The minimum Gasteiger partial charge on any atom is -0.351 e. The standard InChI is InChI=1S/C17H18F2N4O2/c18-13-2-1-11(15(19)6-13)7-23-8-12(5-16(23)24)17(25)21-14-3-4-22(9-14)10-20/h1-2,6,12,14H,3-5,7-9H2,(H,21,25)/t12?,14-/m1/s1. The molecule has 2 aliphatic rings. The largest absolute Gasteiger partial charge is 0.351 e. The van der Waals surface area contributed by atoms with Crippen LogP contribution in [0.4, 0.5) is 8.78 Å². The number of halogens is 2. The molecule has 0 spiro atoms. The lowest BCUT2D eigenvalue weighted by Gasteiger charge is -2.18. The normalized spacial score (nSPS) is 23.0. The topological polar surface area (TPSA) is 76.4 Å². The Hall–Kier alpha value is -2.69. The fourth-order valence-corrected chi connectivity index (χ4v) is 3.24. The molecule has 1 N–H and O–H groups in total. The third-order valence-corrected chi connectivity index (χ3v) is 4.64. The van der Waals surface area contributed by atoms with Crippen molar-refractivity contribution in [2.45, 2.75) is 25.4 Å². The van der Waals surface area contributed by atoms with Crippen LogP contribution in [0.25, 0.3) is 0 Å². The highest BCUT2D eigenvalue weighted by Gasteiger charge is 2.36. The quantitative estimate of drug-likeness (QED) is 0.823. The molecular weight excluding hydrogens is 330 g/mol. The van der Waals surface area contributed by atoms with Crippen LogP contribution in [0, 0.1) is 29.0 Å². The van der Waals surface area contributed by atoms with Crippen molar-refractivity contribution >= 4 is 11.8 Å². The van der Waals surface area contributed by atoms with Gasteiger partial charge in [-0.05, 0) is 12.5 Å². The highest BCUT2D eigenvalue weighted by atomic mass is 19.1. The molecular formula is C17H18F2N4O2. The first kappa shape index (κ1) is 17.1. The van der Waals surface area contributed by atoms with E-state index >= 15 is 0 Å². The monoisotopic (exact) mass is 348 g/mol. The van der Waals surface area contributed by atoms with E-state index in [1.165, 1.54) is 11.0 Å². The average molecular weight is 348 g/mol. The Labute approximate surface area is 144 Å². The summed E-state index contributed by atoms with van der Waals surface area (Å²) in [5.74, 6) is -2.32. The van der Waals surface area contributed by atoms with E-state index in [2.05, 4.69) is 5.32 Å². The Morgan fingerprint density at radius 2 is 2.16 bits per heavy atom. The molecule has 2 atom stereocenters. The third kappa shape index (κ3) is 3.87. The zero-order chi connectivity index (χ0) is 18.0. The Balaban J connectivity index is 1.57. The van der Waals surface area contributed by atoms with Gasteiger partial charge in [-0.3, -0.25) is 9.59 Å². The van der Waals surface area contributed by atoms with Crippen molar-refractivity contribution in [3.05, 3.63) is 35.4 Å². The molecule has 6 nitrogen and oxygen atoms in total. The molecule has 25 heavy (non-hydrogen) atoms. The van der Waals surface area contributed by atoms with Gasteiger partial charge in [-0.15, -0.1) is 0 Å². The maximum absolute atomic E-state index is 13.7. The van der Waals surface area contributed by atoms with Gasteiger partial charge in [-0.25, -0.2) is 8.78 Å². The van der Waals surface area contributed by atoms with Gasteiger partial charge in [0.15, 0.2) is 6.19 Å². The molecule has 0 aliphatic carbocycles. The van der Waals surface area contributed by atoms with Crippen LogP contribution in [0.2, 0.25) is 0 Å². The van der Waals surface area contributed by atoms with Crippen molar-refractivity contribution in [1.82, 2.24) is 15.1 Å². The molecule has 0 radical (unpaired) electrons. The van der Waals surface area contributed by atoms with E-state index in [-0.39, 0.29) is 42.9 Å². The summed E-state index contributed by atoms with van der Waals surface area (Å²) >= 11 is 0. The lowest BCUT2D eigenvalue weighted by atomic mass is 10.1. The van der Waals surface area contributed by atoms with Gasteiger partial charge in [0.25, 0.3) is 0 Å². The zero-order valence-corrected chi connectivity index (χ0v) is 13.5. The highest BCUT2D eigenvalue weighted by Crippen LogP contribution is 2.22. The molecule has 0 aromatic heterocycles. The highest BCUT2D eigenvalue weighted by molar-refractivity contribution is 5.89. The summed E-state index contributed by atoms with van der Waals surface area (Å²) in [6, 6.07) is 3.14. The molecule has 2 amide bonds. The van der Waals surface area contributed by atoms with E-state index in [0.29, 0.717) is 19.5 Å². The fourth-order valence-electron chi connectivity index (χ4n) is 3.24. The summed E-state index contributed by atoms with van der Waals surface area (Å²) in [5, 5.41) is 11.7. The fraction of sp³-hybridized carbons (Fsp3) is 0.471. The number of amides is 2. The molecule has 2 aliphatic heterocycles. The van der Waals surface area contributed by atoms with Gasteiger partial charge in [0, 0.05) is 50.3 Å². The number of hydrogen-bond acceptors (Lipinski definition) is 4. The summed E-state index contributed by atoms with van der Waals surface area (Å²) in [6.07, 6.45) is 2.82. The smallest absolute Gasteiger partial charge is 0.225 e. The van der Waals surface area contributed by atoms with E-state index in [9.17, 15) is 18.4 Å². The lowest BCUT2D eigenvalue weighted by molar-refractivity contribution is -0.129. The summed E-state index contributed by atoms with van der Waals surface area (Å²) in [5.41, 5.74) is 0.219. The second-order valence-electron chi connectivity index (χ2n) is 6.45. The van der Waals surface area contributed by atoms with Gasteiger partial charge >= 0.3 is 0 Å². The molecule has 2 fully saturated rings. The predicted molar refractivity (Wildman–Crippen MR) is 83.6 cm³/mol. The Morgan fingerprint density at radius 3 is 2.84 bits per heavy atom. The summed E-state index contributed by atoms with van der Waals surface area (Å²) < 4.78 is 26.7. The van der Waals surface area contributed by atoms with E-state index in [0.717, 1.165) is 12.1 Å². The van der Waals surface area contributed by atoms with Crippen molar-refractivity contribution < 1.29 is 18.4 Å². The number of benzene rings is 1. The molecule has 0 bridgehead atoms. The number of likely N-dealkylation sites (tertiary alicyclic amines) is 2. The van der Waals surface area contributed by atoms with Crippen molar-refractivity contribution in [3.8, 4) is 6.19 Å². The van der Waals surface area contributed by atoms with Crippen LogP contribution in [0.1, 0.15) is 18.4 Å².